The normalized spacial score (nSPS) is 10.0. The number of benzene rings is 2. The van der Waals surface area contributed by atoms with E-state index < -0.39 is 11.8 Å². The van der Waals surface area contributed by atoms with Crippen molar-refractivity contribution >= 4 is 27.7 Å². The van der Waals surface area contributed by atoms with Crippen LogP contribution in [0.25, 0.3) is 0 Å². The lowest BCUT2D eigenvalue weighted by Gasteiger charge is -2.11. The lowest BCUT2D eigenvalue weighted by atomic mass is 10.1. The zero-order valence-electron chi connectivity index (χ0n) is 12.9. The van der Waals surface area contributed by atoms with E-state index in [9.17, 15) is 9.59 Å². The quantitative estimate of drug-likeness (QED) is 0.806. The highest BCUT2D eigenvalue weighted by molar-refractivity contribution is 9.10. The summed E-state index contributed by atoms with van der Waals surface area (Å²) in [5.41, 5.74) is 7.11. The van der Waals surface area contributed by atoms with Gasteiger partial charge in [-0.25, -0.2) is 0 Å². The van der Waals surface area contributed by atoms with Crippen molar-refractivity contribution < 1.29 is 14.3 Å². The molecule has 0 unspecified atom stereocenters. The molecule has 0 bridgehead atoms. The number of ether oxygens (including phenoxy) is 1. The van der Waals surface area contributed by atoms with Gasteiger partial charge in [-0.15, -0.1) is 0 Å². The van der Waals surface area contributed by atoms with Crippen LogP contribution in [0.5, 0.6) is 5.75 Å². The van der Waals surface area contributed by atoms with E-state index in [1.807, 2.05) is 38.1 Å². The van der Waals surface area contributed by atoms with Gasteiger partial charge in [0.15, 0.2) is 6.61 Å². The molecule has 0 saturated heterocycles. The van der Waals surface area contributed by atoms with Gasteiger partial charge in [-0.05, 0) is 49.2 Å². The van der Waals surface area contributed by atoms with E-state index in [2.05, 4.69) is 26.8 Å². The van der Waals surface area contributed by atoms with E-state index in [1.165, 1.54) is 0 Å². The predicted molar refractivity (Wildman–Crippen MR) is 91.2 cm³/mol. The van der Waals surface area contributed by atoms with Gasteiger partial charge >= 0.3 is 0 Å². The fourth-order valence-corrected chi connectivity index (χ4v) is 2.27. The minimum absolute atomic E-state index is 0.178. The van der Waals surface area contributed by atoms with Crippen LogP contribution in [0.1, 0.15) is 21.5 Å². The Bertz CT molecular complexity index is 732. The Kier molecular flexibility index (Phi) is 5.76. The van der Waals surface area contributed by atoms with Crippen molar-refractivity contribution in [3.63, 3.8) is 0 Å². The van der Waals surface area contributed by atoms with E-state index in [0.717, 1.165) is 15.6 Å². The molecule has 23 heavy (non-hydrogen) atoms. The standard InChI is InChI=1S/C17H17BrN2O3/c1-11-6-7-12(2)15(8-11)23-10-16(21)19-20-17(22)13-4-3-5-14(18)9-13/h3-9H,10H2,1-2H3,(H,19,21)(H,20,22). The average molecular weight is 377 g/mol. The van der Waals surface area contributed by atoms with Crippen LogP contribution >= 0.6 is 15.9 Å². The van der Waals surface area contributed by atoms with E-state index in [0.29, 0.717) is 11.3 Å². The largest absolute Gasteiger partial charge is 0.483 e. The first-order chi connectivity index (χ1) is 11.0. The molecule has 0 spiro atoms. The van der Waals surface area contributed by atoms with Gasteiger partial charge in [0.2, 0.25) is 0 Å². The third kappa shape index (κ3) is 5.10. The van der Waals surface area contributed by atoms with Crippen molar-refractivity contribution in [2.24, 2.45) is 0 Å². The van der Waals surface area contributed by atoms with Crippen LogP contribution in [-0.2, 0) is 4.79 Å². The molecule has 0 saturated carbocycles. The second kappa shape index (κ2) is 7.78. The maximum absolute atomic E-state index is 11.9. The first kappa shape index (κ1) is 17.0. The number of halogens is 1. The third-order valence-electron chi connectivity index (χ3n) is 3.10. The molecule has 6 heteroatoms. The average Bonchev–Trinajstić information content (AvgIpc) is 2.53. The number of amides is 2. The van der Waals surface area contributed by atoms with E-state index in [4.69, 9.17) is 4.74 Å². The van der Waals surface area contributed by atoms with Crippen molar-refractivity contribution in [3.8, 4) is 5.75 Å². The van der Waals surface area contributed by atoms with Crippen LogP contribution in [0.4, 0.5) is 0 Å². The third-order valence-corrected chi connectivity index (χ3v) is 3.60. The number of aryl methyl sites for hydroxylation is 2. The summed E-state index contributed by atoms with van der Waals surface area (Å²) in [5.74, 6) is -0.181. The van der Waals surface area contributed by atoms with Gasteiger partial charge in [-0.2, -0.15) is 0 Å². The first-order valence-corrected chi connectivity index (χ1v) is 7.80. The van der Waals surface area contributed by atoms with Gasteiger partial charge < -0.3 is 4.74 Å². The van der Waals surface area contributed by atoms with Crippen LogP contribution in [0.15, 0.2) is 46.9 Å². The Morgan fingerprint density at radius 2 is 1.87 bits per heavy atom. The highest BCUT2D eigenvalue weighted by Crippen LogP contribution is 2.18. The maximum atomic E-state index is 11.9. The SMILES string of the molecule is Cc1ccc(C)c(OCC(=O)NNC(=O)c2cccc(Br)c2)c1. The summed E-state index contributed by atoms with van der Waals surface area (Å²) in [6.07, 6.45) is 0. The number of carbonyl (C=O) groups is 2. The summed E-state index contributed by atoms with van der Waals surface area (Å²) in [5, 5.41) is 0. The zero-order valence-corrected chi connectivity index (χ0v) is 14.4. The fourth-order valence-electron chi connectivity index (χ4n) is 1.87. The van der Waals surface area contributed by atoms with Crippen molar-refractivity contribution in [2.75, 3.05) is 6.61 Å². The fraction of sp³-hybridized carbons (Fsp3) is 0.176. The number of carbonyl (C=O) groups excluding carboxylic acids is 2. The van der Waals surface area contributed by atoms with Crippen LogP contribution in [0.3, 0.4) is 0 Å². The highest BCUT2D eigenvalue weighted by atomic mass is 79.9. The highest BCUT2D eigenvalue weighted by Gasteiger charge is 2.09. The molecule has 0 radical (unpaired) electrons. The molecule has 2 rings (SSSR count). The predicted octanol–water partition coefficient (Wildman–Crippen LogP) is 2.91. The maximum Gasteiger partial charge on any atom is 0.276 e. The molecule has 0 aromatic heterocycles. The smallest absolute Gasteiger partial charge is 0.276 e. The zero-order chi connectivity index (χ0) is 16.8. The molecule has 2 amide bonds. The molecule has 5 nitrogen and oxygen atoms in total. The molecule has 0 aliphatic rings. The Balaban J connectivity index is 1.83. The number of hydrogen-bond acceptors (Lipinski definition) is 3. The Labute approximate surface area is 143 Å². The van der Waals surface area contributed by atoms with Gasteiger partial charge in [0, 0.05) is 10.0 Å². The second-order valence-corrected chi connectivity index (χ2v) is 5.99. The molecular formula is C17H17BrN2O3. The molecule has 0 atom stereocenters. The van der Waals surface area contributed by atoms with E-state index in [1.54, 1.807) is 18.2 Å². The van der Waals surface area contributed by atoms with E-state index in [-0.39, 0.29) is 6.61 Å². The summed E-state index contributed by atoms with van der Waals surface area (Å²) < 4.78 is 6.25. The van der Waals surface area contributed by atoms with Crippen molar-refractivity contribution in [3.05, 3.63) is 63.6 Å². The van der Waals surface area contributed by atoms with Gasteiger partial charge in [-0.3, -0.25) is 20.4 Å². The lowest BCUT2D eigenvalue weighted by molar-refractivity contribution is -0.123. The molecule has 2 aromatic carbocycles. The topological polar surface area (TPSA) is 67.4 Å². The minimum atomic E-state index is -0.436. The number of rotatable bonds is 4. The first-order valence-electron chi connectivity index (χ1n) is 7.00. The summed E-state index contributed by atoms with van der Waals surface area (Å²) in [6, 6.07) is 12.6. The van der Waals surface area contributed by atoms with Crippen molar-refractivity contribution in [1.29, 1.82) is 0 Å². The van der Waals surface area contributed by atoms with Gasteiger partial charge in [0.05, 0.1) is 0 Å². The number of hydrazine groups is 1. The Morgan fingerprint density at radius 1 is 1.09 bits per heavy atom. The summed E-state index contributed by atoms with van der Waals surface area (Å²) in [6.45, 7) is 3.68. The molecule has 0 fully saturated rings. The molecule has 2 N–H and O–H groups in total. The second-order valence-electron chi connectivity index (χ2n) is 5.07. The minimum Gasteiger partial charge on any atom is -0.483 e. The number of nitrogens with one attached hydrogen (secondary N) is 2. The molecular weight excluding hydrogens is 360 g/mol. The van der Waals surface area contributed by atoms with Crippen LogP contribution in [-0.4, -0.2) is 18.4 Å². The van der Waals surface area contributed by atoms with Crippen molar-refractivity contribution in [1.82, 2.24) is 10.9 Å². The van der Waals surface area contributed by atoms with Crippen LogP contribution in [0, 0.1) is 13.8 Å². The molecule has 2 aromatic rings. The van der Waals surface area contributed by atoms with Crippen LogP contribution in [0.2, 0.25) is 0 Å². The molecule has 0 aliphatic heterocycles. The van der Waals surface area contributed by atoms with Gasteiger partial charge in [-0.1, -0.05) is 34.1 Å². The Hall–Kier alpha value is -2.34. The molecule has 0 aliphatic carbocycles. The number of hydrogen-bond donors (Lipinski definition) is 2. The summed E-state index contributed by atoms with van der Waals surface area (Å²) in [7, 11) is 0. The van der Waals surface area contributed by atoms with E-state index >= 15 is 0 Å². The summed E-state index contributed by atoms with van der Waals surface area (Å²) >= 11 is 3.29. The summed E-state index contributed by atoms with van der Waals surface area (Å²) in [4.78, 5) is 23.6. The molecule has 0 heterocycles. The molecule has 120 valence electrons. The van der Waals surface area contributed by atoms with Gasteiger partial charge in [0.25, 0.3) is 11.8 Å². The van der Waals surface area contributed by atoms with Crippen molar-refractivity contribution in [2.45, 2.75) is 13.8 Å². The monoisotopic (exact) mass is 376 g/mol. The Morgan fingerprint density at radius 3 is 2.61 bits per heavy atom. The van der Waals surface area contributed by atoms with Gasteiger partial charge in [0.1, 0.15) is 5.75 Å². The lowest BCUT2D eigenvalue weighted by Crippen LogP contribution is -2.43. The van der Waals surface area contributed by atoms with Crippen LogP contribution < -0.4 is 15.6 Å².